The summed E-state index contributed by atoms with van der Waals surface area (Å²) in [5, 5.41) is 5.20. The molecule has 0 aromatic heterocycles. The van der Waals surface area contributed by atoms with E-state index in [4.69, 9.17) is 19.1 Å². The third-order valence-corrected chi connectivity index (χ3v) is 3.24. The highest BCUT2D eigenvalue weighted by Crippen LogP contribution is 2.04. The molecule has 2 rings (SSSR count). The Hall–Kier alpha value is -3.18. The van der Waals surface area contributed by atoms with Gasteiger partial charge in [0, 0.05) is 11.4 Å². The van der Waals surface area contributed by atoms with Crippen LogP contribution in [0, 0.1) is 0 Å². The van der Waals surface area contributed by atoms with Gasteiger partial charge in [0.25, 0.3) is 0 Å². The van der Waals surface area contributed by atoms with Crippen LogP contribution in [0.3, 0.4) is 0 Å². The average Bonchev–Trinajstić information content (AvgIpc) is 2.73. The number of ether oxygens (including phenoxy) is 2. The van der Waals surface area contributed by atoms with Gasteiger partial charge in [0.2, 0.25) is 0 Å². The number of amides is 4. The van der Waals surface area contributed by atoms with Gasteiger partial charge in [-0.3, -0.25) is 4.84 Å². The first-order valence-electron chi connectivity index (χ1n) is 8.87. The maximum atomic E-state index is 11.5. The number of hydrogen-bond donors (Lipinski definition) is 4. The lowest BCUT2D eigenvalue weighted by atomic mass is 10.3. The Kier molecular flexibility index (Phi) is 10.6. The Morgan fingerprint density at radius 3 is 1.69 bits per heavy atom. The van der Waals surface area contributed by atoms with Crippen molar-refractivity contribution in [1.29, 1.82) is 0 Å². The van der Waals surface area contributed by atoms with E-state index in [0.29, 0.717) is 18.0 Å². The monoisotopic (exact) mass is 404 g/mol. The van der Waals surface area contributed by atoms with Gasteiger partial charge in [-0.1, -0.05) is 36.4 Å². The van der Waals surface area contributed by atoms with Crippen LogP contribution in [0.15, 0.2) is 60.7 Å². The number of hydroxylamine groups is 2. The zero-order valence-electron chi connectivity index (χ0n) is 15.8. The smallest absolute Gasteiger partial charge is 0.343 e. The molecule has 0 heterocycles. The second-order valence-corrected chi connectivity index (χ2v) is 5.48. The van der Waals surface area contributed by atoms with Crippen molar-refractivity contribution in [3.63, 3.8) is 0 Å². The molecule has 0 spiro atoms. The average molecular weight is 404 g/mol. The number of carbonyl (C=O) groups excluding carboxylic acids is 2. The fourth-order valence-corrected chi connectivity index (χ4v) is 1.99. The summed E-state index contributed by atoms with van der Waals surface area (Å²) in [4.78, 5) is 32.9. The maximum absolute atomic E-state index is 11.5. The molecule has 29 heavy (non-hydrogen) atoms. The van der Waals surface area contributed by atoms with Crippen LogP contribution < -0.4 is 21.6 Å². The van der Waals surface area contributed by atoms with Crippen LogP contribution >= 0.6 is 0 Å². The van der Waals surface area contributed by atoms with E-state index in [1.165, 1.54) is 0 Å². The molecule has 4 amide bonds. The SMILES string of the molecule is O=C(NOCCOCCOCONC(=O)Nc1ccccc1)Nc1ccccc1. The summed E-state index contributed by atoms with van der Waals surface area (Å²) >= 11 is 0. The minimum atomic E-state index is -0.503. The predicted octanol–water partition coefficient (Wildman–Crippen LogP) is 2.48. The van der Waals surface area contributed by atoms with Crippen LogP contribution in [0.1, 0.15) is 0 Å². The molecular weight excluding hydrogens is 380 g/mol. The summed E-state index contributed by atoms with van der Waals surface area (Å²) in [6, 6.07) is 17.0. The van der Waals surface area contributed by atoms with Gasteiger partial charge < -0.3 is 20.1 Å². The third kappa shape index (κ3) is 10.7. The zero-order valence-corrected chi connectivity index (χ0v) is 15.8. The Balaban J connectivity index is 1.35. The summed E-state index contributed by atoms with van der Waals surface area (Å²) in [6.45, 7) is 0.903. The molecule has 2 aromatic carbocycles. The molecule has 2 aromatic rings. The van der Waals surface area contributed by atoms with Gasteiger partial charge in [-0.2, -0.15) is 0 Å². The highest BCUT2D eigenvalue weighted by Gasteiger charge is 2.01. The number of para-hydroxylation sites is 2. The fourth-order valence-electron chi connectivity index (χ4n) is 1.99. The minimum absolute atomic E-state index is 0.122. The molecule has 0 bridgehead atoms. The molecule has 0 aliphatic rings. The van der Waals surface area contributed by atoms with Crippen molar-refractivity contribution in [2.75, 3.05) is 43.9 Å². The van der Waals surface area contributed by atoms with Crippen molar-refractivity contribution >= 4 is 23.4 Å². The first kappa shape index (κ1) is 22.1. The lowest BCUT2D eigenvalue weighted by molar-refractivity contribution is -0.0973. The van der Waals surface area contributed by atoms with Gasteiger partial charge in [0.15, 0.2) is 6.79 Å². The van der Waals surface area contributed by atoms with E-state index in [9.17, 15) is 9.59 Å². The number of hydrogen-bond acceptors (Lipinski definition) is 6. The number of nitrogens with one attached hydrogen (secondary N) is 4. The number of anilines is 2. The molecule has 10 nitrogen and oxygen atoms in total. The van der Waals surface area contributed by atoms with Crippen molar-refractivity contribution in [3.8, 4) is 0 Å². The molecule has 0 atom stereocenters. The number of benzene rings is 2. The topological polar surface area (TPSA) is 119 Å². The molecule has 156 valence electrons. The summed E-state index contributed by atoms with van der Waals surface area (Å²) < 4.78 is 10.4. The molecule has 0 unspecified atom stereocenters. The lowest BCUT2D eigenvalue weighted by Gasteiger charge is -2.09. The van der Waals surface area contributed by atoms with Gasteiger partial charge in [-0.05, 0) is 24.3 Å². The van der Waals surface area contributed by atoms with E-state index < -0.39 is 12.1 Å². The van der Waals surface area contributed by atoms with Gasteiger partial charge in [0.1, 0.15) is 0 Å². The molecule has 0 saturated heterocycles. The van der Waals surface area contributed by atoms with Crippen LogP contribution in [-0.4, -0.2) is 45.3 Å². The van der Waals surface area contributed by atoms with Crippen molar-refractivity contribution in [3.05, 3.63) is 60.7 Å². The van der Waals surface area contributed by atoms with E-state index in [-0.39, 0.29) is 26.6 Å². The van der Waals surface area contributed by atoms with Crippen LogP contribution in [0.5, 0.6) is 0 Å². The molecular formula is C19H24N4O6. The summed E-state index contributed by atoms with van der Waals surface area (Å²) in [7, 11) is 0. The fraction of sp³-hybridized carbons (Fsp3) is 0.263. The van der Waals surface area contributed by atoms with Crippen molar-refractivity contribution in [2.45, 2.75) is 0 Å². The molecule has 10 heteroatoms. The first-order valence-corrected chi connectivity index (χ1v) is 8.87. The molecule has 0 aliphatic heterocycles. The standard InChI is InChI=1S/C19H24N4O6/c24-18(20-16-7-3-1-4-8-16)22-28-14-13-26-11-12-27-15-29-23-19(25)21-17-9-5-2-6-10-17/h1-10H,11-15H2,(H2,20,22,24)(H2,21,23,25). The van der Waals surface area contributed by atoms with Crippen LogP contribution in [0.4, 0.5) is 21.0 Å². The molecule has 0 aliphatic carbocycles. The summed E-state index contributed by atoms with van der Waals surface area (Å²) in [6.07, 6.45) is 0. The Morgan fingerprint density at radius 2 is 1.10 bits per heavy atom. The van der Waals surface area contributed by atoms with Gasteiger partial charge >= 0.3 is 12.1 Å². The van der Waals surface area contributed by atoms with Crippen LogP contribution in [-0.2, 0) is 19.1 Å². The lowest BCUT2D eigenvalue weighted by Crippen LogP contribution is -2.30. The van der Waals surface area contributed by atoms with Crippen LogP contribution in [0.2, 0.25) is 0 Å². The maximum Gasteiger partial charge on any atom is 0.343 e. The minimum Gasteiger partial charge on any atom is -0.377 e. The van der Waals surface area contributed by atoms with E-state index in [1.54, 1.807) is 36.4 Å². The molecule has 0 radical (unpaired) electrons. The number of rotatable bonds is 12. The van der Waals surface area contributed by atoms with E-state index in [1.807, 2.05) is 24.3 Å². The highest BCUT2D eigenvalue weighted by molar-refractivity contribution is 5.88. The quantitative estimate of drug-likeness (QED) is 0.245. The second-order valence-electron chi connectivity index (χ2n) is 5.48. The Labute approximate surface area is 168 Å². The zero-order chi connectivity index (χ0) is 20.6. The normalized spacial score (nSPS) is 10.2. The van der Waals surface area contributed by atoms with Gasteiger partial charge in [0.05, 0.1) is 26.4 Å². The van der Waals surface area contributed by atoms with E-state index >= 15 is 0 Å². The van der Waals surface area contributed by atoms with E-state index in [0.717, 1.165) is 0 Å². The van der Waals surface area contributed by atoms with Gasteiger partial charge in [-0.15, -0.1) is 0 Å². The molecule has 0 saturated carbocycles. The first-order chi connectivity index (χ1) is 14.2. The predicted molar refractivity (Wildman–Crippen MR) is 106 cm³/mol. The Morgan fingerprint density at radius 1 is 0.621 bits per heavy atom. The summed E-state index contributed by atoms with van der Waals surface area (Å²) in [5.74, 6) is 0. The number of carbonyl (C=O) groups is 2. The molecule has 4 N–H and O–H groups in total. The molecule has 0 fully saturated rings. The summed E-state index contributed by atoms with van der Waals surface area (Å²) in [5.41, 5.74) is 5.76. The van der Waals surface area contributed by atoms with Crippen molar-refractivity contribution in [1.82, 2.24) is 11.0 Å². The third-order valence-electron chi connectivity index (χ3n) is 3.24. The van der Waals surface area contributed by atoms with Gasteiger partial charge in [-0.25, -0.2) is 25.4 Å². The van der Waals surface area contributed by atoms with Crippen molar-refractivity contribution < 1.29 is 28.7 Å². The highest BCUT2D eigenvalue weighted by atomic mass is 16.8. The van der Waals surface area contributed by atoms with E-state index in [2.05, 4.69) is 21.6 Å². The second kappa shape index (κ2) is 13.9. The van der Waals surface area contributed by atoms with Crippen LogP contribution in [0.25, 0.3) is 0 Å². The number of urea groups is 2. The van der Waals surface area contributed by atoms with Crippen molar-refractivity contribution in [2.24, 2.45) is 0 Å². The largest absolute Gasteiger partial charge is 0.377 e. The Bertz CT molecular complexity index is 656.